The van der Waals surface area contributed by atoms with E-state index in [-0.39, 0.29) is 11.5 Å². The molecule has 0 saturated carbocycles. The zero-order valence-electron chi connectivity index (χ0n) is 16.8. The molecule has 3 heterocycles. The van der Waals surface area contributed by atoms with Crippen LogP contribution in [-0.2, 0) is 45.1 Å². The molecule has 0 spiro atoms. The molecule has 0 aliphatic carbocycles. The van der Waals surface area contributed by atoms with Gasteiger partial charge in [-0.1, -0.05) is 0 Å². The minimum absolute atomic E-state index is 0.0901. The van der Waals surface area contributed by atoms with Crippen LogP contribution in [0.2, 0.25) is 0 Å². The molecule has 1 aromatic carbocycles. The Morgan fingerprint density at radius 3 is 2.23 bits per heavy atom. The summed E-state index contributed by atoms with van der Waals surface area (Å²) >= 11 is -2.06. The first kappa shape index (κ1) is 22.1. The van der Waals surface area contributed by atoms with Crippen LogP contribution in [0.4, 0.5) is 13.2 Å². The van der Waals surface area contributed by atoms with E-state index in [0.717, 1.165) is 24.3 Å². The monoisotopic (exact) mass is 452 g/mol. The smallest absolute Gasteiger partial charge is 0.348 e. The molecular weight excluding hydrogens is 429 g/mol. The van der Waals surface area contributed by atoms with Gasteiger partial charge >= 0.3 is 6.18 Å². The van der Waals surface area contributed by atoms with Gasteiger partial charge in [0.1, 0.15) is 24.4 Å². The van der Waals surface area contributed by atoms with Crippen LogP contribution >= 0.6 is 0 Å². The maximum atomic E-state index is 12.8. The molecule has 4 rings (SSSR count). The fourth-order valence-electron chi connectivity index (χ4n) is 3.70. The number of hydrogen-bond donors (Lipinski definition) is 0. The molecule has 3 saturated heterocycles. The van der Waals surface area contributed by atoms with Crippen molar-refractivity contribution >= 4 is 11.1 Å². The average Bonchev–Trinajstić information content (AvgIpc) is 3.24. The lowest BCUT2D eigenvalue weighted by atomic mass is 10.1. The third-order valence-electron chi connectivity index (χ3n) is 5.00. The lowest BCUT2D eigenvalue weighted by molar-refractivity contribution is -0.230. The Balaban J connectivity index is 1.53. The van der Waals surface area contributed by atoms with E-state index in [1.54, 1.807) is 27.7 Å². The van der Waals surface area contributed by atoms with Crippen molar-refractivity contribution in [2.45, 2.75) is 81.0 Å². The predicted molar refractivity (Wildman–Crippen MR) is 96.3 cm³/mol. The second kappa shape index (κ2) is 7.51. The van der Waals surface area contributed by atoms with Crippen molar-refractivity contribution in [1.82, 2.24) is 0 Å². The summed E-state index contributed by atoms with van der Waals surface area (Å²) in [6.45, 7) is 7.18. The van der Waals surface area contributed by atoms with Crippen LogP contribution in [-0.4, -0.2) is 53.1 Å². The highest BCUT2D eigenvalue weighted by Crippen LogP contribution is 2.42. The van der Waals surface area contributed by atoms with Gasteiger partial charge in [0, 0.05) is 0 Å². The maximum absolute atomic E-state index is 12.8. The van der Waals surface area contributed by atoms with Crippen molar-refractivity contribution in [2.24, 2.45) is 0 Å². The second-order valence-corrected chi connectivity index (χ2v) is 9.39. The molecule has 4 unspecified atom stereocenters. The Labute approximate surface area is 174 Å². The molecule has 0 aromatic heterocycles. The highest BCUT2D eigenvalue weighted by molar-refractivity contribution is 7.80. The molecule has 6 atom stereocenters. The second-order valence-electron chi connectivity index (χ2n) is 8.25. The minimum Gasteiger partial charge on any atom is -0.348 e. The standard InChI is InChI=1S/C19H23F3O7S/c1-17(2)24-9-12(26-17)13-14(15-16(25-13)28-18(3,4)27-15)29-30(23)11-7-5-10(6-8-11)19(20,21)22/h5-8,12-16H,9H2,1-4H3/t12-,13?,14?,15?,16?,30-/m1/s1. The highest BCUT2D eigenvalue weighted by atomic mass is 32.2. The molecular formula is C19H23F3O7S. The third kappa shape index (κ3) is 4.43. The van der Waals surface area contributed by atoms with Gasteiger partial charge in [-0.3, -0.25) is 4.18 Å². The molecule has 3 aliphatic rings. The molecule has 168 valence electrons. The fraction of sp³-hybridized carbons (Fsp3) is 0.684. The highest BCUT2D eigenvalue weighted by Gasteiger charge is 2.59. The third-order valence-corrected chi connectivity index (χ3v) is 6.05. The molecule has 0 N–H and O–H groups in total. The Bertz CT molecular complexity index is 811. The van der Waals surface area contributed by atoms with E-state index in [1.165, 1.54) is 0 Å². The SMILES string of the molecule is CC1(C)OC2OC([C@H]3COC(C)(C)O3)C(O[S@@](=O)c3ccc(C(F)(F)F)cc3)C2O1. The summed E-state index contributed by atoms with van der Waals surface area (Å²) in [6, 6.07) is 3.96. The summed E-state index contributed by atoms with van der Waals surface area (Å²) in [5, 5.41) is 0. The zero-order valence-corrected chi connectivity index (χ0v) is 17.6. The fourth-order valence-corrected chi connectivity index (χ4v) is 4.59. The zero-order chi connectivity index (χ0) is 21.9. The van der Waals surface area contributed by atoms with E-state index in [9.17, 15) is 17.4 Å². The van der Waals surface area contributed by atoms with Gasteiger partial charge in [-0.05, 0) is 52.0 Å². The van der Waals surface area contributed by atoms with Crippen molar-refractivity contribution in [3.05, 3.63) is 29.8 Å². The molecule has 0 amide bonds. The van der Waals surface area contributed by atoms with Gasteiger partial charge < -0.3 is 23.7 Å². The first-order valence-corrected chi connectivity index (χ1v) is 10.5. The summed E-state index contributed by atoms with van der Waals surface area (Å²) in [6.07, 6.45) is -7.98. The molecule has 30 heavy (non-hydrogen) atoms. The summed E-state index contributed by atoms with van der Waals surface area (Å²) in [7, 11) is 0. The van der Waals surface area contributed by atoms with Crippen molar-refractivity contribution in [1.29, 1.82) is 0 Å². The topological polar surface area (TPSA) is 72.5 Å². The van der Waals surface area contributed by atoms with Crippen LogP contribution < -0.4 is 0 Å². The number of benzene rings is 1. The summed E-state index contributed by atoms with van der Waals surface area (Å²) < 4.78 is 85.9. The number of alkyl halides is 3. The maximum Gasteiger partial charge on any atom is 0.416 e. The Hall–Kier alpha value is -1.08. The molecule has 3 aliphatic heterocycles. The van der Waals surface area contributed by atoms with Crippen molar-refractivity contribution in [3.8, 4) is 0 Å². The number of halogens is 3. The average molecular weight is 452 g/mol. The number of ether oxygens (including phenoxy) is 5. The number of rotatable bonds is 4. The van der Waals surface area contributed by atoms with Gasteiger partial charge in [-0.2, -0.15) is 13.2 Å². The number of fused-ring (bicyclic) bond motifs is 1. The Morgan fingerprint density at radius 1 is 1.00 bits per heavy atom. The largest absolute Gasteiger partial charge is 0.416 e. The predicted octanol–water partition coefficient (Wildman–Crippen LogP) is 3.14. The van der Waals surface area contributed by atoms with Crippen LogP contribution in [0, 0.1) is 0 Å². The lowest BCUT2D eigenvalue weighted by Gasteiger charge is -2.28. The van der Waals surface area contributed by atoms with Gasteiger partial charge in [0.2, 0.25) is 0 Å². The lowest BCUT2D eigenvalue weighted by Crippen LogP contribution is -2.44. The van der Waals surface area contributed by atoms with E-state index >= 15 is 0 Å². The first-order valence-electron chi connectivity index (χ1n) is 9.44. The van der Waals surface area contributed by atoms with Crippen LogP contribution in [0.15, 0.2) is 29.2 Å². The normalized spacial score (nSPS) is 36.0. The molecule has 1 aromatic rings. The Kier molecular flexibility index (Phi) is 5.54. The molecule has 3 fully saturated rings. The van der Waals surface area contributed by atoms with E-state index in [0.29, 0.717) is 0 Å². The van der Waals surface area contributed by atoms with Crippen molar-refractivity contribution in [3.63, 3.8) is 0 Å². The number of hydrogen-bond acceptors (Lipinski definition) is 7. The molecule has 0 radical (unpaired) electrons. The summed E-state index contributed by atoms with van der Waals surface area (Å²) in [4.78, 5) is 0.0901. The summed E-state index contributed by atoms with van der Waals surface area (Å²) in [5.41, 5.74) is -0.835. The van der Waals surface area contributed by atoms with Crippen molar-refractivity contribution in [2.75, 3.05) is 6.61 Å². The molecule has 11 heteroatoms. The Morgan fingerprint density at radius 2 is 1.67 bits per heavy atom. The molecule has 0 bridgehead atoms. The van der Waals surface area contributed by atoms with E-state index in [2.05, 4.69) is 0 Å². The molecule has 7 nitrogen and oxygen atoms in total. The van der Waals surface area contributed by atoms with E-state index in [4.69, 9.17) is 27.9 Å². The van der Waals surface area contributed by atoms with Crippen LogP contribution in [0.1, 0.15) is 33.3 Å². The first-order chi connectivity index (χ1) is 13.8. The van der Waals surface area contributed by atoms with Gasteiger partial charge in [-0.15, -0.1) is 0 Å². The van der Waals surface area contributed by atoms with Crippen LogP contribution in [0.5, 0.6) is 0 Å². The van der Waals surface area contributed by atoms with E-state index in [1.807, 2.05) is 0 Å². The van der Waals surface area contributed by atoms with E-state index < -0.39 is 65.1 Å². The van der Waals surface area contributed by atoms with Crippen LogP contribution in [0.25, 0.3) is 0 Å². The van der Waals surface area contributed by atoms with Crippen LogP contribution in [0.3, 0.4) is 0 Å². The van der Waals surface area contributed by atoms with Gasteiger partial charge in [0.15, 0.2) is 28.9 Å². The minimum atomic E-state index is -4.48. The van der Waals surface area contributed by atoms with Gasteiger partial charge in [0.05, 0.1) is 17.1 Å². The van der Waals surface area contributed by atoms with Gasteiger partial charge in [0.25, 0.3) is 0 Å². The summed E-state index contributed by atoms with van der Waals surface area (Å²) in [5.74, 6) is -1.74. The van der Waals surface area contributed by atoms with Crippen molar-refractivity contribution < 1.29 is 45.2 Å². The van der Waals surface area contributed by atoms with Gasteiger partial charge in [-0.25, -0.2) is 4.21 Å². The quantitative estimate of drug-likeness (QED) is 0.695.